The number of primary amides is 1. The van der Waals surface area contributed by atoms with Crippen LogP contribution in [0, 0.1) is 5.92 Å². The predicted molar refractivity (Wildman–Crippen MR) is 131 cm³/mol. The smallest absolute Gasteiger partial charge is 0.244 e. The molecule has 2 N–H and O–H groups in total. The molecule has 1 saturated heterocycles. The third-order valence-electron chi connectivity index (χ3n) is 6.59. The van der Waals surface area contributed by atoms with Gasteiger partial charge in [0.05, 0.1) is 0 Å². The fourth-order valence-corrected chi connectivity index (χ4v) is 4.30. The number of likely N-dealkylation sites (tertiary alicyclic amines) is 1. The van der Waals surface area contributed by atoms with E-state index in [-0.39, 0.29) is 5.91 Å². The van der Waals surface area contributed by atoms with E-state index in [0.29, 0.717) is 17.9 Å². The summed E-state index contributed by atoms with van der Waals surface area (Å²) in [5.41, 5.74) is 7.26. The van der Waals surface area contributed by atoms with E-state index in [0.717, 1.165) is 57.3 Å². The van der Waals surface area contributed by atoms with Crippen LogP contribution in [0.25, 0.3) is 0 Å². The zero-order chi connectivity index (χ0) is 22.8. The summed E-state index contributed by atoms with van der Waals surface area (Å²) in [6.45, 7) is 17.6. The molecule has 0 bridgehead atoms. The summed E-state index contributed by atoms with van der Waals surface area (Å²) in [5.74, 6) is 1.09. The number of amides is 1. The molecular weight excluding hydrogens is 386 g/mol. The number of hydrogen-bond donors (Lipinski definition) is 1. The third kappa shape index (κ3) is 8.17. The molecule has 1 aliphatic heterocycles. The van der Waals surface area contributed by atoms with E-state index in [9.17, 15) is 4.79 Å². The SMILES string of the molecule is C=N/C(=C\C=C(/CC)C(N)=O)N1CCC(CC(=C)N(C)CCN(CCC)C2CC2)CC1. The van der Waals surface area contributed by atoms with Gasteiger partial charge in [0.1, 0.15) is 5.82 Å². The second kappa shape index (κ2) is 12.7. The van der Waals surface area contributed by atoms with Gasteiger partial charge in [0.25, 0.3) is 0 Å². The molecule has 1 aliphatic carbocycles. The van der Waals surface area contributed by atoms with Gasteiger partial charge in [-0.2, -0.15) is 0 Å². The van der Waals surface area contributed by atoms with E-state index in [2.05, 4.69) is 47.0 Å². The first-order valence-electron chi connectivity index (χ1n) is 11.9. The molecule has 2 fully saturated rings. The molecule has 0 spiro atoms. The van der Waals surface area contributed by atoms with E-state index in [4.69, 9.17) is 5.73 Å². The number of likely N-dealkylation sites (N-methyl/N-ethyl adjacent to an activating group) is 1. The molecule has 0 radical (unpaired) electrons. The molecule has 0 aromatic rings. The number of nitrogens with two attached hydrogens (primary N) is 1. The zero-order valence-corrected chi connectivity index (χ0v) is 20.0. The number of piperidine rings is 1. The molecule has 174 valence electrons. The van der Waals surface area contributed by atoms with Crippen LogP contribution in [0.1, 0.15) is 58.8 Å². The quantitative estimate of drug-likeness (QED) is 0.259. The molecule has 0 atom stereocenters. The average molecular weight is 430 g/mol. The summed E-state index contributed by atoms with van der Waals surface area (Å²) in [6, 6.07) is 0.831. The van der Waals surface area contributed by atoms with Crippen LogP contribution in [0.3, 0.4) is 0 Å². The molecule has 6 heteroatoms. The van der Waals surface area contributed by atoms with Gasteiger partial charge in [-0.05, 0) is 76.3 Å². The lowest BCUT2D eigenvalue weighted by Gasteiger charge is -2.35. The number of rotatable bonds is 14. The van der Waals surface area contributed by atoms with Crippen molar-refractivity contribution in [1.29, 1.82) is 0 Å². The van der Waals surface area contributed by atoms with Gasteiger partial charge in [-0.25, -0.2) is 4.99 Å². The number of carbonyl (C=O) groups is 1. The van der Waals surface area contributed by atoms with Crippen molar-refractivity contribution < 1.29 is 4.79 Å². The summed E-state index contributed by atoms with van der Waals surface area (Å²) in [5, 5.41) is 0. The number of carbonyl (C=O) groups excluding carboxylic acids is 1. The van der Waals surface area contributed by atoms with Gasteiger partial charge in [-0.3, -0.25) is 9.69 Å². The van der Waals surface area contributed by atoms with Crippen LogP contribution in [-0.4, -0.2) is 73.1 Å². The molecule has 1 amide bonds. The van der Waals surface area contributed by atoms with E-state index in [1.807, 2.05) is 13.0 Å². The van der Waals surface area contributed by atoms with Crippen molar-refractivity contribution >= 4 is 12.6 Å². The number of nitrogens with zero attached hydrogens (tertiary/aromatic N) is 4. The second-order valence-electron chi connectivity index (χ2n) is 8.98. The van der Waals surface area contributed by atoms with Crippen LogP contribution < -0.4 is 5.73 Å². The van der Waals surface area contributed by atoms with Crippen molar-refractivity contribution in [2.24, 2.45) is 16.6 Å². The first-order valence-corrected chi connectivity index (χ1v) is 11.9. The Morgan fingerprint density at radius 1 is 1.13 bits per heavy atom. The maximum Gasteiger partial charge on any atom is 0.244 e. The van der Waals surface area contributed by atoms with Gasteiger partial charge in [0.15, 0.2) is 0 Å². The first-order chi connectivity index (χ1) is 14.9. The van der Waals surface area contributed by atoms with Gasteiger partial charge >= 0.3 is 0 Å². The number of hydrogen-bond acceptors (Lipinski definition) is 5. The largest absolute Gasteiger partial charge is 0.377 e. The van der Waals surface area contributed by atoms with Crippen molar-refractivity contribution in [3.63, 3.8) is 0 Å². The molecule has 1 heterocycles. The maximum atomic E-state index is 11.4. The maximum absolute atomic E-state index is 11.4. The van der Waals surface area contributed by atoms with Crippen LogP contribution >= 0.6 is 0 Å². The Hall–Kier alpha value is -2.08. The van der Waals surface area contributed by atoms with Crippen molar-refractivity contribution in [2.75, 3.05) is 39.8 Å². The van der Waals surface area contributed by atoms with E-state index in [1.54, 1.807) is 6.08 Å². The lowest BCUT2D eigenvalue weighted by atomic mass is 9.92. The molecule has 6 nitrogen and oxygen atoms in total. The van der Waals surface area contributed by atoms with Crippen molar-refractivity contribution in [3.8, 4) is 0 Å². The summed E-state index contributed by atoms with van der Waals surface area (Å²) >= 11 is 0. The summed E-state index contributed by atoms with van der Waals surface area (Å²) in [6.07, 6.45) is 11.5. The molecule has 31 heavy (non-hydrogen) atoms. The van der Waals surface area contributed by atoms with Gasteiger partial charge < -0.3 is 15.5 Å². The minimum Gasteiger partial charge on any atom is -0.377 e. The third-order valence-corrected chi connectivity index (χ3v) is 6.59. The molecule has 0 aromatic carbocycles. The lowest BCUT2D eigenvalue weighted by Crippen LogP contribution is -2.36. The average Bonchev–Trinajstić information content (AvgIpc) is 3.60. The summed E-state index contributed by atoms with van der Waals surface area (Å²) in [7, 11) is 2.19. The van der Waals surface area contributed by atoms with Gasteiger partial charge in [0, 0.05) is 50.5 Å². The Morgan fingerprint density at radius 3 is 2.32 bits per heavy atom. The fourth-order valence-electron chi connectivity index (χ4n) is 4.30. The van der Waals surface area contributed by atoms with E-state index in [1.165, 1.54) is 31.5 Å². The Balaban J connectivity index is 1.78. The molecule has 0 aromatic heterocycles. The highest BCUT2D eigenvalue weighted by Gasteiger charge is 2.28. The highest BCUT2D eigenvalue weighted by atomic mass is 16.1. The van der Waals surface area contributed by atoms with Gasteiger partial charge in [0.2, 0.25) is 5.91 Å². The lowest BCUT2D eigenvalue weighted by molar-refractivity contribution is -0.114. The van der Waals surface area contributed by atoms with Crippen LogP contribution in [0.2, 0.25) is 0 Å². The summed E-state index contributed by atoms with van der Waals surface area (Å²) < 4.78 is 0. The first kappa shape index (κ1) is 25.2. The van der Waals surface area contributed by atoms with Gasteiger partial charge in [-0.15, -0.1) is 0 Å². The molecule has 2 aliphatic rings. The monoisotopic (exact) mass is 429 g/mol. The Bertz CT molecular complexity index is 671. The second-order valence-corrected chi connectivity index (χ2v) is 8.98. The van der Waals surface area contributed by atoms with Crippen LogP contribution in [-0.2, 0) is 4.79 Å². The van der Waals surface area contributed by atoms with E-state index >= 15 is 0 Å². The zero-order valence-electron chi connectivity index (χ0n) is 20.0. The number of aliphatic imine (C=N–C) groups is 1. The van der Waals surface area contributed by atoms with Crippen LogP contribution in [0.4, 0.5) is 0 Å². The van der Waals surface area contributed by atoms with Gasteiger partial charge in [-0.1, -0.05) is 20.4 Å². The topological polar surface area (TPSA) is 65.2 Å². The van der Waals surface area contributed by atoms with Crippen LogP contribution in [0.5, 0.6) is 0 Å². The van der Waals surface area contributed by atoms with Crippen molar-refractivity contribution in [3.05, 3.63) is 35.8 Å². The Labute approximate surface area is 189 Å². The minimum atomic E-state index is -0.376. The molecular formula is C25H43N5O. The standard InChI is InChI=1S/C25H43N5O/c1-6-14-29(23-9-10-23)18-17-28(5)20(3)19-21-12-15-30(16-13-21)24(27-4)11-8-22(7-2)25(26)31/h8,11,21,23H,3-4,6-7,9-10,12-19H2,1-2,5H3,(H2,26,31)/b22-8+,24-11+. The Kier molecular flexibility index (Phi) is 10.3. The van der Waals surface area contributed by atoms with Crippen molar-refractivity contribution in [2.45, 2.75) is 64.8 Å². The highest BCUT2D eigenvalue weighted by Crippen LogP contribution is 2.28. The molecule has 0 unspecified atom stereocenters. The normalized spacial score (nSPS) is 18.4. The molecule has 1 saturated carbocycles. The van der Waals surface area contributed by atoms with E-state index < -0.39 is 0 Å². The minimum absolute atomic E-state index is 0.376. The summed E-state index contributed by atoms with van der Waals surface area (Å²) in [4.78, 5) is 22.8. The highest BCUT2D eigenvalue weighted by molar-refractivity contribution is 5.92. The van der Waals surface area contributed by atoms with Crippen molar-refractivity contribution in [1.82, 2.24) is 14.7 Å². The number of allylic oxidation sites excluding steroid dienone is 3. The molecule has 2 rings (SSSR count). The fraction of sp³-hybridized carbons (Fsp3) is 0.680. The Morgan fingerprint density at radius 2 is 1.81 bits per heavy atom. The van der Waals surface area contributed by atoms with Crippen LogP contribution in [0.15, 0.2) is 40.8 Å². The predicted octanol–water partition coefficient (Wildman–Crippen LogP) is 3.77.